The van der Waals surface area contributed by atoms with Crippen LogP contribution in [0.1, 0.15) is 36.5 Å². The number of ether oxygens (including phenoxy) is 1. The second kappa shape index (κ2) is 10.3. The van der Waals surface area contributed by atoms with Gasteiger partial charge in [0.15, 0.2) is 6.61 Å². The Morgan fingerprint density at radius 3 is 2.59 bits per heavy atom. The minimum atomic E-state index is -4.47. The highest BCUT2D eigenvalue weighted by molar-refractivity contribution is 5.95. The van der Waals surface area contributed by atoms with E-state index in [-0.39, 0.29) is 23.8 Å². The summed E-state index contributed by atoms with van der Waals surface area (Å²) in [4.78, 5) is 30.7. The Hall–Kier alpha value is -3.30. The minimum absolute atomic E-state index is 0.0554. The number of benzene rings is 1. The quantitative estimate of drug-likeness (QED) is 0.640. The van der Waals surface area contributed by atoms with Crippen LogP contribution in [-0.4, -0.2) is 48.7 Å². The maximum atomic E-state index is 12.4. The molecule has 0 spiro atoms. The maximum absolute atomic E-state index is 12.4. The third kappa shape index (κ3) is 7.14. The number of nitrogens with zero attached hydrogens (tertiary/aromatic N) is 2. The van der Waals surface area contributed by atoms with Gasteiger partial charge in [0, 0.05) is 49.2 Å². The number of pyridine rings is 1. The van der Waals surface area contributed by atoms with Gasteiger partial charge in [0.1, 0.15) is 0 Å². The third-order valence-corrected chi connectivity index (χ3v) is 4.85. The molecule has 7 nitrogen and oxygen atoms in total. The number of carbonyl (C=O) groups is 2. The highest BCUT2D eigenvalue weighted by atomic mass is 19.4. The molecule has 0 bridgehead atoms. The first-order valence-electron chi connectivity index (χ1n) is 10.3. The van der Waals surface area contributed by atoms with Crippen molar-refractivity contribution < 1.29 is 27.5 Å². The lowest BCUT2D eigenvalue weighted by Gasteiger charge is -2.19. The van der Waals surface area contributed by atoms with Crippen molar-refractivity contribution in [3.63, 3.8) is 0 Å². The van der Waals surface area contributed by atoms with Crippen LogP contribution in [0.3, 0.4) is 0 Å². The van der Waals surface area contributed by atoms with Crippen LogP contribution in [0.5, 0.6) is 5.88 Å². The van der Waals surface area contributed by atoms with E-state index in [1.54, 1.807) is 6.92 Å². The van der Waals surface area contributed by atoms with Gasteiger partial charge in [-0.15, -0.1) is 0 Å². The van der Waals surface area contributed by atoms with E-state index >= 15 is 0 Å². The van der Waals surface area contributed by atoms with E-state index in [2.05, 4.69) is 25.3 Å². The van der Waals surface area contributed by atoms with E-state index in [4.69, 9.17) is 0 Å². The topological polar surface area (TPSA) is 83.6 Å². The molecule has 1 atom stereocenters. The molecular weight excluding hydrogens is 425 g/mol. The summed E-state index contributed by atoms with van der Waals surface area (Å²) in [6, 6.07) is 9.68. The van der Waals surface area contributed by atoms with E-state index in [1.807, 2.05) is 24.3 Å². The van der Waals surface area contributed by atoms with Crippen LogP contribution in [0, 0.1) is 0 Å². The second-order valence-corrected chi connectivity index (χ2v) is 7.66. The third-order valence-electron chi connectivity index (χ3n) is 4.85. The molecule has 0 radical (unpaired) electrons. The first-order valence-corrected chi connectivity index (χ1v) is 10.3. The lowest BCUT2D eigenvalue weighted by Crippen LogP contribution is -2.35. The molecule has 1 unspecified atom stereocenters. The molecule has 2 amide bonds. The summed E-state index contributed by atoms with van der Waals surface area (Å²) < 4.78 is 41.0. The molecule has 1 aromatic carbocycles. The summed E-state index contributed by atoms with van der Waals surface area (Å²) >= 11 is 0. The van der Waals surface area contributed by atoms with Gasteiger partial charge in [0.05, 0.1) is 5.56 Å². The van der Waals surface area contributed by atoms with Crippen molar-refractivity contribution in [1.82, 2.24) is 10.3 Å². The maximum Gasteiger partial charge on any atom is 0.422 e. The number of carbonyl (C=O) groups excluding carboxylic acids is 2. The minimum Gasteiger partial charge on any atom is -0.468 e. The molecule has 3 rings (SSSR count). The molecule has 2 heterocycles. The Bertz CT molecular complexity index is 929. The predicted octanol–water partition coefficient (Wildman–Crippen LogP) is 3.77. The number of hydrogen-bond acceptors (Lipinski definition) is 5. The molecule has 1 aliphatic heterocycles. The molecule has 0 saturated carbocycles. The fourth-order valence-electron chi connectivity index (χ4n) is 3.36. The van der Waals surface area contributed by atoms with Crippen LogP contribution in [0.2, 0.25) is 0 Å². The van der Waals surface area contributed by atoms with Crippen molar-refractivity contribution in [3.8, 4) is 5.88 Å². The number of rotatable bonds is 8. The molecule has 32 heavy (non-hydrogen) atoms. The largest absolute Gasteiger partial charge is 0.468 e. The van der Waals surface area contributed by atoms with Gasteiger partial charge in [-0.05, 0) is 44.0 Å². The highest BCUT2D eigenvalue weighted by Crippen LogP contribution is 2.23. The average Bonchev–Trinajstić information content (AvgIpc) is 3.27. The Morgan fingerprint density at radius 1 is 1.19 bits per heavy atom. The molecule has 1 aromatic heterocycles. The lowest BCUT2D eigenvalue weighted by atomic mass is 10.2. The molecule has 1 saturated heterocycles. The Labute approximate surface area is 184 Å². The predicted molar refractivity (Wildman–Crippen MR) is 114 cm³/mol. The number of halogens is 3. The number of alkyl halides is 3. The molecule has 0 aliphatic carbocycles. The van der Waals surface area contributed by atoms with Crippen LogP contribution >= 0.6 is 0 Å². The molecule has 1 fully saturated rings. The van der Waals surface area contributed by atoms with Crippen molar-refractivity contribution in [3.05, 3.63) is 48.2 Å². The lowest BCUT2D eigenvalue weighted by molar-refractivity contribution is -0.154. The van der Waals surface area contributed by atoms with Crippen LogP contribution < -0.4 is 20.3 Å². The fourth-order valence-corrected chi connectivity index (χ4v) is 3.36. The normalized spacial score (nSPS) is 14.7. The molecular formula is C22H25F3N4O3. The van der Waals surface area contributed by atoms with Crippen LogP contribution in [0.25, 0.3) is 0 Å². The Balaban J connectivity index is 1.47. The standard InChI is InChI=1S/C22H25F3N4O3/c1-15(27-21(31)16-7-8-20(26-13-16)32-14-22(23,24)25)11-19(30)28-17-5-4-6-18(12-17)29-9-2-3-10-29/h4-8,12-13,15H,2-3,9-11,14H2,1H3,(H,27,31)(H,28,30). The number of anilines is 2. The molecule has 10 heteroatoms. The van der Waals surface area contributed by atoms with Gasteiger partial charge >= 0.3 is 6.18 Å². The van der Waals surface area contributed by atoms with E-state index in [1.165, 1.54) is 12.1 Å². The summed E-state index contributed by atoms with van der Waals surface area (Å²) in [6.45, 7) is 2.24. The van der Waals surface area contributed by atoms with E-state index in [0.29, 0.717) is 5.69 Å². The molecule has 2 aromatic rings. The zero-order valence-electron chi connectivity index (χ0n) is 17.6. The van der Waals surface area contributed by atoms with E-state index in [0.717, 1.165) is 37.8 Å². The molecule has 1 aliphatic rings. The summed E-state index contributed by atoms with van der Waals surface area (Å²) in [5, 5.41) is 5.52. The van der Waals surface area contributed by atoms with Crippen molar-refractivity contribution >= 4 is 23.2 Å². The average molecular weight is 450 g/mol. The van der Waals surface area contributed by atoms with Crippen LogP contribution in [-0.2, 0) is 4.79 Å². The van der Waals surface area contributed by atoms with Gasteiger partial charge in [0.2, 0.25) is 11.8 Å². The smallest absolute Gasteiger partial charge is 0.422 e. The van der Waals surface area contributed by atoms with Gasteiger partial charge in [-0.3, -0.25) is 9.59 Å². The summed E-state index contributed by atoms with van der Waals surface area (Å²) in [5.41, 5.74) is 1.91. The molecule has 2 N–H and O–H groups in total. The second-order valence-electron chi connectivity index (χ2n) is 7.66. The van der Waals surface area contributed by atoms with Crippen molar-refractivity contribution in [2.45, 2.75) is 38.4 Å². The Kier molecular flexibility index (Phi) is 7.55. The van der Waals surface area contributed by atoms with E-state index in [9.17, 15) is 22.8 Å². The van der Waals surface area contributed by atoms with Gasteiger partial charge in [0.25, 0.3) is 5.91 Å². The van der Waals surface area contributed by atoms with E-state index < -0.39 is 24.7 Å². The first-order chi connectivity index (χ1) is 15.2. The molecule has 172 valence electrons. The first kappa shape index (κ1) is 23.4. The number of aromatic nitrogens is 1. The highest BCUT2D eigenvalue weighted by Gasteiger charge is 2.28. The van der Waals surface area contributed by atoms with Crippen LogP contribution in [0.4, 0.5) is 24.5 Å². The van der Waals surface area contributed by atoms with Gasteiger partial charge in [-0.1, -0.05) is 6.07 Å². The summed E-state index contributed by atoms with van der Waals surface area (Å²) in [6.07, 6.45) is -0.972. The zero-order valence-corrected chi connectivity index (χ0v) is 17.6. The van der Waals surface area contributed by atoms with Crippen molar-refractivity contribution in [2.24, 2.45) is 0 Å². The van der Waals surface area contributed by atoms with Crippen molar-refractivity contribution in [1.29, 1.82) is 0 Å². The Morgan fingerprint density at radius 2 is 1.94 bits per heavy atom. The fraction of sp³-hybridized carbons (Fsp3) is 0.409. The SMILES string of the molecule is CC(CC(=O)Nc1cccc(N2CCCC2)c1)NC(=O)c1ccc(OCC(F)(F)F)nc1. The van der Waals surface area contributed by atoms with Crippen molar-refractivity contribution in [2.75, 3.05) is 29.9 Å². The monoisotopic (exact) mass is 450 g/mol. The zero-order chi connectivity index (χ0) is 23.1. The summed E-state index contributed by atoms with van der Waals surface area (Å²) in [7, 11) is 0. The number of hydrogen-bond donors (Lipinski definition) is 2. The van der Waals surface area contributed by atoms with Gasteiger partial charge < -0.3 is 20.3 Å². The number of nitrogens with one attached hydrogen (secondary N) is 2. The summed E-state index contributed by atoms with van der Waals surface area (Å²) in [5.74, 6) is -0.968. The van der Waals surface area contributed by atoms with Gasteiger partial charge in [-0.25, -0.2) is 4.98 Å². The van der Waals surface area contributed by atoms with Crippen LogP contribution in [0.15, 0.2) is 42.6 Å². The number of amides is 2. The van der Waals surface area contributed by atoms with Gasteiger partial charge in [-0.2, -0.15) is 13.2 Å².